The number of hydrogen-bond donors (Lipinski definition) is 1. The Morgan fingerprint density at radius 2 is 1.55 bits per heavy atom. The first kappa shape index (κ1) is 22.9. The lowest BCUT2D eigenvalue weighted by molar-refractivity contribution is 0.249. The number of piperazine rings is 1. The number of rotatable bonds is 7. The Bertz CT molecular complexity index is 1190. The minimum absolute atomic E-state index is 0.103. The van der Waals surface area contributed by atoms with Crippen LogP contribution in [0.1, 0.15) is 11.1 Å². The van der Waals surface area contributed by atoms with E-state index in [1.807, 2.05) is 31.2 Å². The number of anilines is 1. The van der Waals surface area contributed by atoms with Gasteiger partial charge < -0.3 is 18.9 Å². The molecule has 0 bridgehead atoms. The van der Waals surface area contributed by atoms with Crippen molar-refractivity contribution in [1.82, 2.24) is 4.90 Å². The molecule has 0 atom stereocenters. The second-order valence-corrected chi connectivity index (χ2v) is 9.66. The Hall–Kier alpha value is -3.23. The van der Waals surface area contributed by atoms with Gasteiger partial charge in [-0.1, -0.05) is 23.8 Å². The van der Waals surface area contributed by atoms with Crippen LogP contribution in [0.4, 0.5) is 5.69 Å². The SMILES string of the molecule is COc1cc(CN2CCN(c3ccc(O)cc3)CC2)ccc1OS(=O)(=O)c1ccc(C)cc1. The first-order valence-electron chi connectivity index (χ1n) is 10.8. The maximum absolute atomic E-state index is 12.6. The van der Waals surface area contributed by atoms with Gasteiger partial charge in [-0.2, -0.15) is 8.42 Å². The summed E-state index contributed by atoms with van der Waals surface area (Å²) < 4.78 is 36.1. The molecule has 8 heteroatoms. The van der Waals surface area contributed by atoms with Gasteiger partial charge in [0.15, 0.2) is 11.5 Å². The van der Waals surface area contributed by atoms with Crippen LogP contribution in [0.15, 0.2) is 71.6 Å². The van der Waals surface area contributed by atoms with E-state index in [1.165, 1.54) is 19.2 Å². The standard InChI is InChI=1S/C25H28N2O5S/c1-19-3-10-23(11-4-19)33(29,30)32-24-12-5-20(17-25(24)31-2)18-26-13-15-27(16-14-26)21-6-8-22(28)9-7-21/h3-12,17,28H,13-16,18H2,1-2H3. The molecule has 3 aromatic rings. The van der Waals surface area contributed by atoms with Crippen molar-refractivity contribution in [2.45, 2.75) is 18.4 Å². The van der Waals surface area contributed by atoms with Gasteiger partial charge in [-0.05, 0) is 61.0 Å². The van der Waals surface area contributed by atoms with Gasteiger partial charge >= 0.3 is 10.1 Å². The minimum atomic E-state index is -3.95. The largest absolute Gasteiger partial charge is 0.508 e. The van der Waals surface area contributed by atoms with Crippen molar-refractivity contribution in [2.75, 3.05) is 38.2 Å². The molecule has 0 aromatic heterocycles. The number of aryl methyl sites for hydroxylation is 1. The first-order valence-corrected chi connectivity index (χ1v) is 12.2. The number of aromatic hydroxyl groups is 1. The highest BCUT2D eigenvalue weighted by Gasteiger charge is 2.21. The fourth-order valence-corrected chi connectivity index (χ4v) is 4.78. The molecule has 1 saturated heterocycles. The van der Waals surface area contributed by atoms with E-state index in [-0.39, 0.29) is 16.4 Å². The van der Waals surface area contributed by atoms with Crippen LogP contribution in [0.2, 0.25) is 0 Å². The lowest BCUT2D eigenvalue weighted by atomic mass is 10.1. The van der Waals surface area contributed by atoms with Gasteiger partial charge in [0.05, 0.1) is 7.11 Å². The molecule has 0 radical (unpaired) electrons. The summed E-state index contributed by atoms with van der Waals surface area (Å²) in [6.45, 7) is 6.18. The molecule has 4 rings (SSSR count). The quantitative estimate of drug-likeness (QED) is 0.529. The predicted octanol–water partition coefficient (Wildman–Crippen LogP) is 3.80. The molecule has 1 aliphatic rings. The molecule has 0 aliphatic carbocycles. The number of nitrogens with zero attached hydrogens (tertiary/aromatic N) is 2. The van der Waals surface area contributed by atoms with Crippen LogP contribution in [0.3, 0.4) is 0 Å². The minimum Gasteiger partial charge on any atom is -0.508 e. The summed E-state index contributed by atoms with van der Waals surface area (Å²) in [6.07, 6.45) is 0. The van der Waals surface area contributed by atoms with Crippen LogP contribution >= 0.6 is 0 Å². The van der Waals surface area contributed by atoms with Crippen molar-refractivity contribution in [3.05, 3.63) is 77.9 Å². The molecule has 7 nitrogen and oxygen atoms in total. The van der Waals surface area contributed by atoms with Crippen LogP contribution in [-0.2, 0) is 16.7 Å². The molecular weight excluding hydrogens is 440 g/mol. The van der Waals surface area contributed by atoms with Crippen molar-refractivity contribution in [1.29, 1.82) is 0 Å². The molecule has 0 spiro atoms. The fraction of sp³-hybridized carbons (Fsp3) is 0.280. The lowest BCUT2D eigenvalue weighted by Gasteiger charge is -2.36. The van der Waals surface area contributed by atoms with E-state index >= 15 is 0 Å². The van der Waals surface area contributed by atoms with Crippen LogP contribution in [0.5, 0.6) is 17.2 Å². The van der Waals surface area contributed by atoms with Gasteiger partial charge in [0.2, 0.25) is 0 Å². The predicted molar refractivity (Wildman–Crippen MR) is 128 cm³/mol. The van der Waals surface area contributed by atoms with E-state index in [2.05, 4.69) is 9.80 Å². The molecule has 0 amide bonds. The van der Waals surface area contributed by atoms with Gasteiger partial charge in [-0.3, -0.25) is 4.90 Å². The summed E-state index contributed by atoms with van der Waals surface area (Å²) in [5.41, 5.74) is 3.09. The van der Waals surface area contributed by atoms with E-state index in [1.54, 1.807) is 30.3 Å². The summed E-state index contributed by atoms with van der Waals surface area (Å²) in [7, 11) is -2.45. The Labute approximate surface area is 194 Å². The average Bonchev–Trinajstić information content (AvgIpc) is 2.81. The van der Waals surface area contributed by atoms with Gasteiger partial charge in [0.25, 0.3) is 0 Å². The second-order valence-electron chi connectivity index (χ2n) is 8.12. The van der Waals surface area contributed by atoms with E-state index in [0.29, 0.717) is 5.75 Å². The molecule has 1 N–H and O–H groups in total. The summed E-state index contributed by atoms with van der Waals surface area (Å²) in [4.78, 5) is 4.74. The molecule has 1 heterocycles. The summed E-state index contributed by atoms with van der Waals surface area (Å²) >= 11 is 0. The van der Waals surface area contributed by atoms with Crippen molar-refractivity contribution in [2.24, 2.45) is 0 Å². The highest BCUT2D eigenvalue weighted by atomic mass is 32.2. The van der Waals surface area contributed by atoms with Gasteiger partial charge in [-0.25, -0.2) is 0 Å². The fourth-order valence-electron chi connectivity index (χ4n) is 3.84. The number of phenols is 1. The Kier molecular flexibility index (Phi) is 6.76. The van der Waals surface area contributed by atoms with E-state index in [4.69, 9.17) is 8.92 Å². The van der Waals surface area contributed by atoms with Crippen LogP contribution < -0.4 is 13.8 Å². The smallest absolute Gasteiger partial charge is 0.339 e. The molecule has 33 heavy (non-hydrogen) atoms. The highest BCUT2D eigenvalue weighted by molar-refractivity contribution is 7.87. The molecular formula is C25H28N2O5S. The number of ether oxygens (including phenoxy) is 1. The normalized spacial score (nSPS) is 14.8. The third kappa shape index (κ3) is 5.58. The van der Waals surface area contributed by atoms with E-state index in [0.717, 1.165) is 49.5 Å². The molecule has 174 valence electrons. The van der Waals surface area contributed by atoms with Crippen molar-refractivity contribution < 1.29 is 22.4 Å². The zero-order valence-corrected chi connectivity index (χ0v) is 19.6. The van der Waals surface area contributed by atoms with Crippen LogP contribution in [0, 0.1) is 6.92 Å². The summed E-state index contributed by atoms with van der Waals surface area (Å²) in [5.74, 6) is 0.815. The van der Waals surface area contributed by atoms with Gasteiger partial charge in [0.1, 0.15) is 10.6 Å². The Morgan fingerprint density at radius 3 is 2.18 bits per heavy atom. The monoisotopic (exact) mass is 468 g/mol. The second kappa shape index (κ2) is 9.72. The molecule has 0 saturated carbocycles. The summed E-state index contributed by atoms with van der Waals surface area (Å²) in [5, 5.41) is 9.47. The molecule has 0 unspecified atom stereocenters. The van der Waals surface area contributed by atoms with Crippen molar-refractivity contribution in [3.8, 4) is 17.2 Å². The van der Waals surface area contributed by atoms with Gasteiger partial charge in [-0.15, -0.1) is 0 Å². The average molecular weight is 469 g/mol. The van der Waals surface area contributed by atoms with Crippen LogP contribution in [0.25, 0.3) is 0 Å². The first-order chi connectivity index (χ1) is 15.8. The number of phenolic OH excluding ortho intramolecular Hbond substituents is 1. The van der Waals surface area contributed by atoms with E-state index < -0.39 is 10.1 Å². The topological polar surface area (TPSA) is 79.3 Å². The zero-order valence-electron chi connectivity index (χ0n) is 18.8. The maximum Gasteiger partial charge on any atom is 0.339 e. The lowest BCUT2D eigenvalue weighted by Crippen LogP contribution is -2.45. The zero-order chi connectivity index (χ0) is 23.4. The van der Waals surface area contributed by atoms with Crippen LogP contribution in [-0.4, -0.2) is 51.7 Å². The third-order valence-electron chi connectivity index (χ3n) is 5.73. The Morgan fingerprint density at radius 1 is 0.879 bits per heavy atom. The van der Waals surface area contributed by atoms with Crippen molar-refractivity contribution in [3.63, 3.8) is 0 Å². The third-order valence-corrected chi connectivity index (χ3v) is 6.98. The molecule has 3 aromatic carbocycles. The molecule has 1 fully saturated rings. The van der Waals surface area contributed by atoms with E-state index in [9.17, 15) is 13.5 Å². The molecule has 1 aliphatic heterocycles. The van der Waals surface area contributed by atoms with Crippen molar-refractivity contribution >= 4 is 15.8 Å². The summed E-state index contributed by atoms with van der Waals surface area (Å²) in [6, 6.07) is 19.1. The highest BCUT2D eigenvalue weighted by Crippen LogP contribution is 2.31. The maximum atomic E-state index is 12.6. The number of benzene rings is 3. The van der Waals surface area contributed by atoms with Gasteiger partial charge in [0, 0.05) is 38.4 Å². The Balaban J connectivity index is 1.40. The number of hydrogen-bond acceptors (Lipinski definition) is 7. The number of methoxy groups -OCH3 is 1.